The number of ketones is 1. The number of rotatable bonds is 7. The topological polar surface area (TPSA) is 106 Å². The first-order valence-electron chi connectivity index (χ1n) is 12.5. The fourth-order valence-electron chi connectivity index (χ4n) is 4.98. The first-order chi connectivity index (χ1) is 19.3. The molecule has 0 radical (unpaired) electrons. The monoisotopic (exact) mass is 559 g/mol. The van der Waals surface area contributed by atoms with Gasteiger partial charge in [0, 0.05) is 11.5 Å². The molecule has 5 rings (SSSR count). The summed E-state index contributed by atoms with van der Waals surface area (Å²) in [6.07, 6.45) is 0. The molecule has 4 aromatic carbocycles. The highest BCUT2D eigenvalue weighted by Gasteiger charge is 2.48. The molecule has 2 N–H and O–H groups in total. The van der Waals surface area contributed by atoms with Crippen molar-refractivity contribution in [1.82, 2.24) is 0 Å². The second-order valence-corrected chi connectivity index (χ2v) is 9.42. The van der Waals surface area contributed by atoms with Gasteiger partial charge in [-0.05, 0) is 42.1 Å². The van der Waals surface area contributed by atoms with E-state index >= 15 is 0 Å². The van der Waals surface area contributed by atoms with Gasteiger partial charge in [0.25, 0.3) is 11.7 Å². The number of halogens is 1. The number of carbonyl (C=O) groups excluding carboxylic acids is 2. The van der Waals surface area contributed by atoms with Gasteiger partial charge < -0.3 is 24.4 Å². The second-order valence-electron chi connectivity index (χ2n) is 9.01. The number of anilines is 1. The molecule has 8 nitrogen and oxygen atoms in total. The third kappa shape index (κ3) is 4.46. The van der Waals surface area contributed by atoms with E-state index < -0.39 is 23.5 Å². The Labute approximate surface area is 235 Å². The molecule has 0 aliphatic carbocycles. The average Bonchev–Trinajstić information content (AvgIpc) is 3.23. The number of fused-ring (bicyclic) bond motifs is 1. The maximum Gasteiger partial charge on any atom is 0.300 e. The van der Waals surface area contributed by atoms with Crippen LogP contribution in [-0.2, 0) is 9.59 Å². The lowest BCUT2D eigenvalue weighted by Gasteiger charge is -2.27. The predicted molar refractivity (Wildman–Crippen MR) is 153 cm³/mol. The molecule has 1 fully saturated rings. The summed E-state index contributed by atoms with van der Waals surface area (Å²) in [6, 6.07) is 19.3. The van der Waals surface area contributed by atoms with E-state index in [0.717, 1.165) is 10.8 Å². The number of hydrogen-bond acceptors (Lipinski definition) is 7. The Bertz CT molecular complexity index is 1670. The SMILES string of the molecule is CCOc1cc(C2/C(=C(\O)c3cc(Cl)c(OC)cc3OC)C(=O)C(=O)N2c2cccc3ccccc23)ccc1O. The fourth-order valence-corrected chi connectivity index (χ4v) is 5.22. The summed E-state index contributed by atoms with van der Waals surface area (Å²) in [6.45, 7) is 2.05. The molecule has 40 heavy (non-hydrogen) atoms. The number of phenols is 1. The lowest BCUT2D eigenvalue weighted by molar-refractivity contribution is -0.132. The molecule has 9 heteroatoms. The third-order valence-corrected chi connectivity index (χ3v) is 7.09. The van der Waals surface area contributed by atoms with Crippen molar-refractivity contribution in [2.45, 2.75) is 13.0 Å². The number of aromatic hydroxyl groups is 1. The smallest absolute Gasteiger partial charge is 0.300 e. The molecule has 0 bridgehead atoms. The highest BCUT2D eigenvalue weighted by molar-refractivity contribution is 6.52. The Morgan fingerprint density at radius 2 is 1.65 bits per heavy atom. The number of carbonyl (C=O) groups is 2. The molecule has 1 atom stereocenters. The Balaban J connectivity index is 1.81. The zero-order valence-corrected chi connectivity index (χ0v) is 22.7. The van der Waals surface area contributed by atoms with Crippen LogP contribution in [0.3, 0.4) is 0 Å². The summed E-state index contributed by atoms with van der Waals surface area (Å²) < 4.78 is 16.3. The summed E-state index contributed by atoms with van der Waals surface area (Å²) in [4.78, 5) is 28.8. The van der Waals surface area contributed by atoms with Crippen LogP contribution in [0.4, 0.5) is 5.69 Å². The summed E-state index contributed by atoms with van der Waals surface area (Å²) in [7, 11) is 2.84. The Kier molecular flexibility index (Phi) is 7.28. The number of Topliss-reactive ketones (excluding diaryl/α,β-unsaturated/α-hetero) is 1. The quantitative estimate of drug-likeness (QED) is 0.157. The maximum atomic E-state index is 13.8. The van der Waals surface area contributed by atoms with Gasteiger partial charge in [0.05, 0.1) is 48.7 Å². The van der Waals surface area contributed by atoms with Gasteiger partial charge in [-0.25, -0.2) is 0 Å². The number of amides is 1. The largest absolute Gasteiger partial charge is 0.507 e. The molecule has 1 aliphatic rings. The van der Waals surface area contributed by atoms with E-state index in [4.69, 9.17) is 25.8 Å². The molecule has 204 valence electrons. The van der Waals surface area contributed by atoms with E-state index in [2.05, 4.69) is 0 Å². The van der Waals surface area contributed by atoms with Crippen LogP contribution in [0.25, 0.3) is 16.5 Å². The summed E-state index contributed by atoms with van der Waals surface area (Å²) in [5, 5.41) is 23.8. The van der Waals surface area contributed by atoms with E-state index in [0.29, 0.717) is 17.0 Å². The normalized spacial score (nSPS) is 16.4. The number of aliphatic hydroxyl groups excluding tert-OH is 1. The molecule has 1 heterocycles. The van der Waals surface area contributed by atoms with Gasteiger partial charge in [-0.3, -0.25) is 14.5 Å². The average molecular weight is 560 g/mol. The van der Waals surface area contributed by atoms with Crippen molar-refractivity contribution < 1.29 is 34.0 Å². The van der Waals surface area contributed by atoms with E-state index in [9.17, 15) is 19.8 Å². The number of benzene rings is 4. The zero-order valence-electron chi connectivity index (χ0n) is 22.0. The molecule has 0 aromatic heterocycles. The lowest BCUT2D eigenvalue weighted by Crippen LogP contribution is -2.29. The van der Waals surface area contributed by atoms with Gasteiger partial charge in [-0.2, -0.15) is 0 Å². The molecule has 1 aliphatic heterocycles. The minimum Gasteiger partial charge on any atom is -0.507 e. The van der Waals surface area contributed by atoms with Crippen LogP contribution < -0.4 is 19.1 Å². The van der Waals surface area contributed by atoms with Crippen LogP contribution in [-0.4, -0.2) is 42.7 Å². The second kappa shape index (κ2) is 10.8. The van der Waals surface area contributed by atoms with Gasteiger partial charge in [0.2, 0.25) is 0 Å². The van der Waals surface area contributed by atoms with Crippen LogP contribution >= 0.6 is 11.6 Å². The van der Waals surface area contributed by atoms with Crippen molar-refractivity contribution in [3.63, 3.8) is 0 Å². The molecule has 1 saturated heterocycles. The molecule has 1 amide bonds. The Morgan fingerprint density at radius 1 is 0.925 bits per heavy atom. The summed E-state index contributed by atoms with van der Waals surface area (Å²) in [5.41, 5.74) is 0.854. The lowest BCUT2D eigenvalue weighted by atomic mass is 9.94. The van der Waals surface area contributed by atoms with Gasteiger partial charge in [-0.15, -0.1) is 0 Å². The molecule has 4 aromatic rings. The number of phenolic OH excluding ortho intramolecular Hbond substituents is 1. The minimum absolute atomic E-state index is 0.101. The third-order valence-electron chi connectivity index (χ3n) is 6.80. The molecular weight excluding hydrogens is 534 g/mol. The first kappa shape index (κ1) is 26.9. The molecule has 0 saturated carbocycles. The first-order valence-corrected chi connectivity index (χ1v) is 12.8. The molecule has 1 unspecified atom stereocenters. The number of aliphatic hydroxyl groups is 1. The fraction of sp³-hybridized carbons (Fsp3) is 0.161. The highest BCUT2D eigenvalue weighted by atomic mass is 35.5. The van der Waals surface area contributed by atoms with Crippen LogP contribution in [0.2, 0.25) is 5.02 Å². The van der Waals surface area contributed by atoms with Crippen LogP contribution in [0.15, 0.2) is 78.4 Å². The van der Waals surface area contributed by atoms with Crippen LogP contribution in [0, 0.1) is 0 Å². The van der Waals surface area contributed by atoms with Gasteiger partial charge in [0.1, 0.15) is 17.3 Å². The summed E-state index contributed by atoms with van der Waals surface area (Å²) >= 11 is 6.37. The predicted octanol–water partition coefficient (Wildman–Crippen LogP) is 6.24. The molecule has 0 spiro atoms. The van der Waals surface area contributed by atoms with E-state index in [1.54, 1.807) is 31.2 Å². The standard InChI is InChI=1S/C31H26ClNO7/c1-4-40-26-14-18(12-13-23(26)34)28-27(29(35)20-15-21(32)25(39-3)16-24(20)38-2)30(36)31(37)33(28)22-11-7-9-17-8-5-6-10-19(17)22/h5-16,28,34-35H,4H2,1-3H3/b29-27+. The number of nitrogens with zero attached hydrogens (tertiary/aromatic N) is 1. The van der Waals surface area contributed by atoms with Gasteiger partial charge in [-0.1, -0.05) is 54.1 Å². The van der Waals surface area contributed by atoms with Crippen LogP contribution in [0.1, 0.15) is 24.1 Å². The van der Waals surface area contributed by atoms with Crippen molar-refractivity contribution in [1.29, 1.82) is 0 Å². The summed E-state index contributed by atoms with van der Waals surface area (Å²) in [5.74, 6) is -1.62. The zero-order chi connectivity index (χ0) is 28.6. The van der Waals surface area contributed by atoms with Crippen molar-refractivity contribution in [2.75, 3.05) is 25.7 Å². The minimum atomic E-state index is -1.07. The number of ether oxygens (including phenoxy) is 3. The van der Waals surface area contributed by atoms with Crippen molar-refractivity contribution >= 4 is 45.5 Å². The molecular formula is C31H26ClNO7. The van der Waals surface area contributed by atoms with Crippen molar-refractivity contribution in [3.05, 3.63) is 94.5 Å². The van der Waals surface area contributed by atoms with Gasteiger partial charge in [0.15, 0.2) is 11.5 Å². The van der Waals surface area contributed by atoms with Gasteiger partial charge >= 0.3 is 0 Å². The highest BCUT2D eigenvalue weighted by Crippen LogP contribution is 2.47. The maximum absolute atomic E-state index is 13.8. The Morgan fingerprint density at radius 3 is 2.38 bits per heavy atom. The van der Waals surface area contributed by atoms with E-state index in [1.807, 2.05) is 30.3 Å². The van der Waals surface area contributed by atoms with E-state index in [1.165, 1.54) is 37.3 Å². The van der Waals surface area contributed by atoms with Crippen molar-refractivity contribution in [2.24, 2.45) is 0 Å². The van der Waals surface area contributed by atoms with E-state index in [-0.39, 0.29) is 40.0 Å². The van der Waals surface area contributed by atoms with Crippen LogP contribution in [0.5, 0.6) is 23.0 Å². The Hall–Kier alpha value is -4.69. The number of methoxy groups -OCH3 is 2. The van der Waals surface area contributed by atoms with Crippen molar-refractivity contribution in [3.8, 4) is 23.0 Å². The number of hydrogen-bond donors (Lipinski definition) is 2.